The molecular weight excluding hydrogens is 210 g/mol. The molecule has 1 aliphatic carbocycles. The molecule has 1 aromatic heterocycles. The van der Waals surface area contributed by atoms with E-state index in [2.05, 4.69) is 12.2 Å². The highest BCUT2D eigenvalue weighted by Crippen LogP contribution is 2.31. The summed E-state index contributed by atoms with van der Waals surface area (Å²) < 4.78 is 0. The topological polar surface area (TPSA) is 37.8 Å². The second kappa shape index (κ2) is 4.73. The minimum Gasteiger partial charge on any atom is -0.311 e. The summed E-state index contributed by atoms with van der Waals surface area (Å²) in [5.41, 5.74) is 3.87. The Hall–Kier alpha value is -0.960. The van der Waals surface area contributed by atoms with E-state index < -0.39 is 0 Å². The van der Waals surface area contributed by atoms with Gasteiger partial charge >= 0.3 is 0 Å². The van der Waals surface area contributed by atoms with E-state index in [1.165, 1.54) is 49.1 Å². The van der Waals surface area contributed by atoms with Crippen molar-refractivity contribution in [2.45, 2.75) is 57.9 Å². The molecule has 92 valence electrons. The predicted molar refractivity (Wildman–Crippen MR) is 68.0 cm³/mol. The molecule has 3 rings (SSSR count). The number of hydrogen-bond acceptors (Lipinski definition) is 3. The summed E-state index contributed by atoms with van der Waals surface area (Å²) in [5, 5.41) is 3.41. The standard InChI is InChI=1S/C14H21N3/c1-10-12-7-8-15-9-13(12)17-14(16-10)11-5-3-2-4-6-11/h11,15H,2-9H2,1H3. The summed E-state index contributed by atoms with van der Waals surface area (Å²) >= 11 is 0. The predicted octanol–water partition coefficient (Wildman–Crippen LogP) is 2.48. The number of hydrogen-bond donors (Lipinski definition) is 1. The van der Waals surface area contributed by atoms with Crippen LogP contribution in [-0.4, -0.2) is 16.5 Å². The summed E-state index contributed by atoms with van der Waals surface area (Å²) in [5.74, 6) is 1.74. The van der Waals surface area contributed by atoms with Crippen LogP contribution < -0.4 is 5.32 Å². The molecule has 0 atom stereocenters. The van der Waals surface area contributed by atoms with E-state index in [-0.39, 0.29) is 0 Å². The molecule has 0 unspecified atom stereocenters. The molecule has 2 aliphatic rings. The van der Waals surface area contributed by atoms with E-state index in [4.69, 9.17) is 9.97 Å². The minimum atomic E-state index is 0.620. The number of aryl methyl sites for hydroxylation is 1. The third-order valence-electron chi connectivity index (χ3n) is 4.13. The van der Waals surface area contributed by atoms with Crippen LogP contribution in [0.15, 0.2) is 0 Å². The molecule has 1 fully saturated rings. The van der Waals surface area contributed by atoms with Crippen molar-refractivity contribution in [1.82, 2.24) is 15.3 Å². The van der Waals surface area contributed by atoms with Crippen LogP contribution in [0.2, 0.25) is 0 Å². The lowest BCUT2D eigenvalue weighted by molar-refractivity contribution is 0.425. The van der Waals surface area contributed by atoms with Crippen LogP contribution in [0.25, 0.3) is 0 Å². The van der Waals surface area contributed by atoms with Crippen LogP contribution in [0.3, 0.4) is 0 Å². The molecule has 0 aromatic carbocycles. The second-order valence-corrected chi connectivity index (χ2v) is 5.35. The van der Waals surface area contributed by atoms with Crippen molar-refractivity contribution in [3.63, 3.8) is 0 Å². The Balaban J connectivity index is 1.92. The van der Waals surface area contributed by atoms with Crippen LogP contribution in [0, 0.1) is 6.92 Å². The van der Waals surface area contributed by atoms with Gasteiger partial charge in [-0.25, -0.2) is 9.97 Å². The fourth-order valence-electron chi connectivity index (χ4n) is 3.11. The molecule has 1 N–H and O–H groups in total. The normalized spacial score (nSPS) is 21.2. The molecule has 3 nitrogen and oxygen atoms in total. The van der Waals surface area contributed by atoms with E-state index in [1.807, 2.05) is 0 Å². The van der Waals surface area contributed by atoms with Crippen molar-refractivity contribution in [3.8, 4) is 0 Å². The van der Waals surface area contributed by atoms with E-state index in [9.17, 15) is 0 Å². The van der Waals surface area contributed by atoms with Crippen molar-refractivity contribution in [2.75, 3.05) is 6.54 Å². The Morgan fingerprint density at radius 1 is 1.12 bits per heavy atom. The summed E-state index contributed by atoms with van der Waals surface area (Å²) in [4.78, 5) is 9.60. The van der Waals surface area contributed by atoms with Gasteiger partial charge in [0.25, 0.3) is 0 Å². The first-order chi connectivity index (χ1) is 8.34. The molecule has 0 radical (unpaired) electrons. The molecule has 2 heterocycles. The van der Waals surface area contributed by atoms with Crippen molar-refractivity contribution < 1.29 is 0 Å². The van der Waals surface area contributed by atoms with Gasteiger partial charge in [0.15, 0.2) is 0 Å². The largest absolute Gasteiger partial charge is 0.311 e. The highest BCUT2D eigenvalue weighted by atomic mass is 15.0. The molecule has 0 saturated heterocycles. The van der Waals surface area contributed by atoms with Crippen LogP contribution in [0.4, 0.5) is 0 Å². The van der Waals surface area contributed by atoms with E-state index in [1.54, 1.807) is 0 Å². The van der Waals surface area contributed by atoms with Gasteiger partial charge in [0.2, 0.25) is 0 Å². The van der Waals surface area contributed by atoms with Gasteiger partial charge in [-0.05, 0) is 38.3 Å². The first-order valence-electron chi connectivity index (χ1n) is 6.91. The lowest BCUT2D eigenvalue weighted by Crippen LogP contribution is -2.27. The van der Waals surface area contributed by atoms with Crippen LogP contribution in [0.5, 0.6) is 0 Å². The van der Waals surface area contributed by atoms with Crippen LogP contribution in [0.1, 0.15) is 60.8 Å². The number of nitrogens with one attached hydrogen (secondary N) is 1. The Kier molecular flexibility index (Phi) is 3.10. The minimum absolute atomic E-state index is 0.620. The number of aromatic nitrogens is 2. The smallest absolute Gasteiger partial charge is 0.132 e. The molecule has 1 saturated carbocycles. The number of rotatable bonds is 1. The Labute approximate surface area is 103 Å². The van der Waals surface area contributed by atoms with Crippen molar-refractivity contribution in [1.29, 1.82) is 0 Å². The Bertz CT molecular complexity index is 408. The maximum absolute atomic E-state index is 4.82. The molecular formula is C14H21N3. The molecule has 1 aliphatic heterocycles. The van der Waals surface area contributed by atoms with Gasteiger partial charge < -0.3 is 5.32 Å². The fraction of sp³-hybridized carbons (Fsp3) is 0.714. The van der Waals surface area contributed by atoms with E-state index in [0.717, 1.165) is 25.3 Å². The first kappa shape index (κ1) is 11.1. The zero-order valence-electron chi connectivity index (χ0n) is 10.6. The number of nitrogens with zero attached hydrogens (tertiary/aromatic N) is 2. The van der Waals surface area contributed by atoms with Crippen LogP contribution in [-0.2, 0) is 13.0 Å². The van der Waals surface area contributed by atoms with Gasteiger partial charge in [0.05, 0.1) is 5.69 Å². The maximum Gasteiger partial charge on any atom is 0.132 e. The lowest BCUT2D eigenvalue weighted by atomic mass is 9.88. The highest BCUT2D eigenvalue weighted by Gasteiger charge is 2.21. The van der Waals surface area contributed by atoms with Gasteiger partial charge in [-0.2, -0.15) is 0 Å². The summed E-state index contributed by atoms with van der Waals surface area (Å²) in [6.07, 6.45) is 7.75. The zero-order chi connectivity index (χ0) is 11.7. The highest BCUT2D eigenvalue weighted by molar-refractivity contribution is 5.28. The molecule has 3 heteroatoms. The van der Waals surface area contributed by atoms with Gasteiger partial charge in [-0.3, -0.25) is 0 Å². The Morgan fingerprint density at radius 2 is 1.94 bits per heavy atom. The summed E-state index contributed by atoms with van der Waals surface area (Å²) in [6.45, 7) is 4.15. The fourth-order valence-corrected chi connectivity index (χ4v) is 3.11. The first-order valence-corrected chi connectivity index (χ1v) is 6.91. The molecule has 0 bridgehead atoms. The molecule has 0 amide bonds. The molecule has 1 aromatic rings. The quantitative estimate of drug-likeness (QED) is 0.807. The SMILES string of the molecule is Cc1nc(C2CCCCC2)nc2c1CCNC2. The van der Waals surface area contributed by atoms with E-state index in [0.29, 0.717) is 5.92 Å². The Morgan fingerprint density at radius 3 is 2.76 bits per heavy atom. The third-order valence-corrected chi connectivity index (χ3v) is 4.13. The molecule has 0 spiro atoms. The second-order valence-electron chi connectivity index (χ2n) is 5.35. The van der Waals surface area contributed by atoms with Crippen molar-refractivity contribution in [2.24, 2.45) is 0 Å². The van der Waals surface area contributed by atoms with Crippen molar-refractivity contribution >= 4 is 0 Å². The average Bonchev–Trinajstić information content (AvgIpc) is 2.40. The monoisotopic (exact) mass is 231 g/mol. The lowest BCUT2D eigenvalue weighted by Gasteiger charge is -2.24. The van der Waals surface area contributed by atoms with Crippen LogP contribution >= 0.6 is 0 Å². The van der Waals surface area contributed by atoms with Gasteiger partial charge in [0, 0.05) is 18.2 Å². The summed E-state index contributed by atoms with van der Waals surface area (Å²) in [6, 6.07) is 0. The third kappa shape index (κ3) is 2.21. The van der Waals surface area contributed by atoms with E-state index >= 15 is 0 Å². The van der Waals surface area contributed by atoms with Gasteiger partial charge in [-0.1, -0.05) is 19.3 Å². The maximum atomic E-state index is 4.82. The zero-order valence-corrected chi connectivity index (χ0v) is 10.6. The molecule has 17 heavy (non-hydrogen) atoms. The summed E-state index contributed by atoms with van der Waals surface area (Å²) in [7, 11) is 0. The van der Waals surface area contributed by atoms with Crippen molar-refractivity contribution in [3.05, 3.63) is 22.8 Å². The van der Waals surface area contributed by atoms with Gasteiger partial charge in [0.1, 0.15) is 5.82 Å². The average molecular weight is 231 g/mol. The number of fused-ring (bicyclic) bond motifs is 1. The van der Waals surface area contributed by atoms with Gasteiger partial charge in [-0.15, -0.1) is 0 Å².